The van der Waals surface area contributed by atoms with Crippen LogP contribution < -0.4 is 5.73 Å². The molecule has 0 aromatic carbocycles. The number of rotatable bonds is 4. The van der Waals surface area contributed by atoms with Gasteiger partial charge in [0, 0.05) is 0 Å². The molecule has 4 N–H and O–H groups in total. The van der Waals surface area contributed by atoms with E-state index in [0.717, 1.165) is 31.6 Å². The third-order valence-corrected chi connectivity index (χ3v) is 2.08. The summed E-state index contributed by atoms with van der Waals surface area (Å²) in [5, 5.41) is 7.91. The Hall–Kier alpha value is 0.830. The van der Waals surface area contributed by atoms with E-state index in [1.54, 1.807) is 0 Å². The average molecular weight is 207 g/mol. The molecule has 0 aliphatic heterocycles. The van der Waals surface area contributed by atoms with Gasteiger partial charge in [0.1, 0.15) is 0 Å². The summed E-state index contributed by atoms with van der Waals surface area (Å²) in [6.07, 6.45) is 0.318. The maximum absolute atomic E-state index is 9.89. The molecule has 0 aliphatic carbocycles. The summed E-state index contributed by atoms with van der Waals surface area (Å²) in [6, 6.07) is 0. The fourth-order valence-electron chi connectivity index (χ4n) is 0.266. The molecule has 0 radical (unpaired) electrons. The topological polar surface area (TPSA) is 101 Å². The van der Waals surface area contributed by atoms with Crippen molar-refractivity contribution in [3.63, 3.8) is 0 Å². The fourth-order valence-corrected chi connectivity index (χ4v) is 0.797. The molecular formula is C5H14NNaO4S. The zero-order valence-electron chi connectivity index (χ0n) is 7.23. The molecular weight excluding hydrogens is 193 g/mol. The molecule has 0 spiro atoms. The van der Waals surface area contributed by atoms with E-state index in [4.69, 9.17) is 15.4 Å². The minimum absolute atomic E-state index is 0.233. The van der Waals surface area contributed by atoms with E-state index in [-0.39, 0.29) is 5.75 Å². The van der Waals surface area contributed by atoms with Gasteiger partial charge in [-0.2, -0.15) is 8.42 Å². The number of hydrogen-bond acceptors (Lipinski definition) is 4. The Morgan fingerprint density at radius 3 is 1.92 bits per heavy atom. The predicted octanol–water partition coefficient (Wildman–Crippen LogP) is -1.21. The van der Waals surface area contributed by atoms with Crippen LogP contribution in [-0.2, 0) is 10.1 Å². The first kappa shape index (κ1) is 15.3. The standard InChI is InChI=1S/C3H9NO3S.C2H5O.Na/c4-2-1-3-8(5,6)7;1-2-3;/h1-4H2,(H,5,6,7);3H,1-2H2;. The molecule has 0 unspecified atom stereocenters. The van der Waals surface area contributed by atoms with Crippen molar-refractivity contribution in [2.24, 2.45) is 5.73 Å². The van der Waals surface area contributed by atoms with Gasteiger partial charge in [0.2, 0.25) is 0 Å². The van der Waals surface area contributed by atoms with Gasteiger partial charge in [-0.15, -0.1) is 0 Å². The summed E-state index contributed by atoms with van der Waals surface area (Å²) in [5.74, 6) is -0.233. The Bertz CT molecular complexity index is 168. The van der Waals surface area contributed by atoms with Crippen molar-refractivity contribution in [2.45, 2.75) is 10.1 Å². The van der Waals surface area contributed by atoms with Gasteiger partial charge in [0.05, 0.1) is 5.75 Å². The van der Waals surface area contributed by atoms with Gasteiger partial charge in [0.15, 0.2) is 0 Å². The van der Waals surface area contributed by atoms with Crippen LogP contribution in [0.4, 0.5) is 0 Å². The minimum atomic E-state index is -3.77. The molecule has 7 heteroatoms. The third kappa shape index (κ3) is 22.4. The first-order valence-corrected chi connectivity index (χ1v) is 6.76. The number of aliphatic hydroxyl groups excluding tert-OH is 1. The average Bonchev–Trinajstić information content (AvgIpc) is 2.00. The van der Waals surface area contributed by atoms with Crippen molar-refractivity contribution in [1.82, 2.24) is 0 Å². The third-order valence-electron chi connectivity index (χ3n) is 0.830. The second-order valence-electron chi connectivity index (χ2n) is 2.15. The van der Waals surface area contributed by atoms with Crippen LogP contribution in [0.5, 0.6) is 0 Å². The van der Waals surface area contributed by atoms with Crippen LogP contribution in [0, 0.1) is 0 Å². The number of aliphatic hydroxyl groups is 1. The van der Waals surface area contributed by atoms with Crippen molar-refractivity contribution in [3.8, 4) is 0 Å². The molecule has 0 amide bonds. The molecule has 5 nitrogen and oxygen atoms in total. The first-order valence-electron chi connectivity index (χ1n) is 3.74. The van der Waals surface area contributed by atoms with Gasteiger partial charge >= 0.3 is 43.3 Å². The molecule has 0 aromatic heterocycles. The molecule has 0 aliphatic rings. The monoisotopic (exact) mass is 207 g/mol. The summed E-state index contributed by atoms with van der Waals surface area (Å²) >= 11 is 1.14. The van der Waals surface area contributed by atoms with Crippen LogP contribution in [0.3, 0.4) is 0 Å². The van der Waals surface area contributed by atoms with Gasteiger partial charge in [-0.1, -0.05) is 0 Å². The maximum atomic E-state index is 9.89. The zero-order valence-corrected chi connectivity index (χ0v) is 10.0. The van der Waals surface area contributed by atoms with Crippen LogP contribution in [0.15, 0.2) is 0 Å². The van der Waals surface area contributed by atoms with E-state index in [1.807, 2.05) is 0 Å². The van der Waals surface area contributed by atoms with Crippen molar-refractivity contribution >= 4 is 38.0 Å². The Labute approximate surface area is 90.5 Å². The Morgan fingerprint density at radius 1 is 1.42 bits per heavy atom. The van der Waals surface area contributed by atoms with Crippen molar-refractivity contribution in [1.29, 1.82) is 0 Å². The Morgan fingerprint density at radius 2 is 1.83 bits per heavy atom. The number of nitrogens with two attached hydrogens (primary N) is 1. The molecule has 0 saturated carbocycles. The van der Waals surface area contributed by atoms with E-state index in [1.165, 1.54) is 0 Å². The molecule has 0 fully saturated rings. The van der Waals surface area contributed by atoms with Crippen molar-refractivity contribution < 1.29 is 18.1 Å². The van der Waals surface area contributed by atoms with E-state index in [2.05, 4.69) is 0 Å². The summed E-state index contributed by atoms with van der Waals surface area (Å²) in [5.41, 5.74) is 4.96. The fraction of sp³-hybridized carbons (Fsp3) is 1.00. The molecule has 0 rings (SSSR count). The van der Waals surface area contributed by atoms with Crippen LogP contribution in [-0.4, -0.2) is 64.9 Å². The Kier molecular flexibility index (Phi) is 12.6. The zero-order chi connectivity index (χ0) is 10.0. The predicted molar refractivity (Wildman–Crippen MR) is 47.7 cm³/mol. The SMILES string of the molecule is NCCCS(=O)(=O)O.OC[CH2][Na]. The molecule has 70 valence electrons. The van der Waals surface area contributed by atoms with Crippen LogP contribution in [0.25, 0.3) is 0 Å². The normalized spacial score (nSPS) is 10.4. The molecule has 0 heterocycles. The van der Waals surface area contributed by atoms with Crippen molar-refractivity contribution in [2.75, 3.05) is 18.9 Å². The van der Waals surface area contributed by atoms with Crippen molar-refractivity contribution in [3.05, 3.63) is 0 Å². The van der Waals surface area contributed by atoms with Crippen LogP contribution >= 0.6 is 0 Å². The molecule has 0 aromatic rings. The molecule has 0 bridgehead atoms. The molecule has 12 heavy (non-hydrogen) atoms. The van der Waals surface area contributed by atoms with Gasteiger partial charge in [0.25, 0.3) is 10.1 Å². The second-order valence-corrected chi connectivity index (χ2v) is 4.72. The van der Waals surface area contributed by atoms with E-state index in [0.29, 0.717) is 19.6 Å². The summed E-state index contributed by atoms with van der Waals surface area (Å²) in [7, 11) is -3.77. The van der Waals surface area contributed by atoms with E-state index < -0.39 is 10.1 Å². The van der Waals surface area contributed by atoms with Gasteiger partial charge in [-0.25, -0.2) is 0 Å². The second kappa shape index (κ2) is 9.91. The molecule has 0 atom stereocenters. The van der Waals surface area contributed by atoms with Crippen LogP contribution in [0.2, 0.25) is 3.67 Å². The van der Waals surface area contributed by atoms with Gasteiger partial charge < -0.3 is 5.73 Å². The quantitative estimate of drug-likeness (QED) is 0.396. The van der Waals surface area contributed by atoms with Gasteiger partial charge in [-0.3, -0.25) is 4.55 Å². The first-order chi connectivity index (χ1) is 5.47. The van der Waals surface area contributed by atoms with Gasteiger partial charge in [-0.05, 0) is 13.0 Å². The number of hydrogen-bond donors (Lipinski definition) is 3. The summed E-state index contributed by atoms with van der Waals surface area (Å²) in [6.45, 7) is 0.673. The van der Waals surface area contributed by atoms with E-state index in [9.17, 15) is 8.42 Å². The molecule has 0 saturated heterocycles. The Balaban J connectivity index is 0. The van der Waals surface area contributed by atoms with Crippen LogP contribution in [0.1, 0.15) is 6.42 Å². The van der Waals surface area contributed by atoms with E-state index >= 15 is 0 Å². The summed E-state index contributed by atoms with van der Waals surface area (Å²) < 4.78 is 28.9. The summed E-state index contributed by atoms with van der Waals surface area (Å²) in [4.78, 5) is 0.